The van der Waals surface area contributed by atoms with Crippen LogP contribution in [0.5, 0.6) is 0 Å². The molecule has 1 aliphatic rings. The molecule has 0 bridgehead atoms. The highest BCUT2D eigenvalue weighted by molar-refractivity contribution is 5.83. The van der Waals surface area contributed by atoms with Crippen LogP contribution in [0, 0.1) is 0 Å². The van der Waals surface area contributed by atoms with Crippen molar-refractivity contribution in [2.45, 2.75) is 6.54 Å². The van der Waals surface area contributed by atoms with Crippen molar-refractivity contribution in [3.8, 4) is 11.4 Å². The van der Waals surface area contributed by atoms with E-state index in [0.29, 0.717) is 12.2 Å². The molecule has 4 heteroatoms. The van der Waals surface area contributed by atoms with E-state index >= 15 is 0 Å². The lowest BCUT2D eigenvalue weighted by molar-refractivity contribution is -0.636. The second-order valence-electron chi connectivity index (χ2n) is 5.13. The van der Waals surface area contributed by atoms with E-state index in [9.17, 15) is 0 Å². The second kappa shape index (κ2) is 3.28. The highest BCUT2D eigenvalue weighted by Gasteiger charge is 2.32. The molecule has 0 radical (unpaired) electrons. The van der Waals surface area contributed by atoms with Crippen LogP contribution in [-0.4, -0.2) is 14.0 Å². The molecule has 0 N–H and O–H groups in total. The first-order valence-electron chi connectivity index (χ1n) is 8.04. The Morgan fingerprint density at radius 3 is 3.30 bits per heavy atom. The fraction of sp³-hybridized carbons (Fsp3) is 0.125. The number of rotatable bonds is 0. The van der Waals surface area contributed by atoms with Crippen molar-refractivity contribution in [2.24, 2.45) is 6.98 Å². The minimum absolute atomic E-state index is 0.648. The molecular formula is C16H13N4+. The van der Waals surface area contributed by atoms with E-state index < -0.39 is 6.98 Å². The minimum Gasteiger partial charge on any atom is -0.264 e. The Kier molecular flexibility index (Phi) is 1.29. The van der Waals surface area contributed by atoms with Crippen molar-refractivity contribution in [3.05, 3.63) is 54.5 Å². The van der Waals surface area contributed by atoms with Crippen molar-refractivity contribution < 1.29 is 8.68 Å². The van der Waals surface area contributed by atoms with Gasteiger partial charge in [-0.1, -0.05) is 6.07 Å². The maximum Gasteiger partial charge on any atom is 0.273 e. The summed E-state index contributed by atoms with van der Waals surface area (Å²) in [7, 11) is 0. The van der Waals surface area contributed by atoms with Crippen molar-refractivity contribution >= 4 is 16.7 Å². The van der Waals surface area contributed by atoms with Gasteiger partial charge in [0, 0.05) is 24.0 Å². The topological polar surface area (TPSA) is 26.1 Å². The molecule has 0 aliphatic carbocycles. The van der Waals surface area contributed by atoms with Crippen LogP contribution in [0.4, 0.5) is 0 Å². The summed E-state index contributed by atoms with van der Waals surface area (Å²) in [5, 5.41) is 0. The molecule has 0 saturated carbocycles. The lowest BCUT2D eigenvalue weighted by Gasteiger charge is -1.97. The van der Waals surface area contributed by atoms with Gasteiger partial charge in [-0.25, -0.2) is 13.5 Å². The summed E-state index contributed by atoms with van der Waals surface area (Å²) in [4.78, 5) is 4.17. The highest BCUT2D eigenvalue weighted by Crippen LogP contribution is 2.33. The van der Waals surface area contributed by atoms with Gasteiger partial charge in [-0.2, -0.15) is 0 Å². The Morgan fingerprint density at radius 2 is 2.35 bits per heavy atom. The molecule has 1 aliphatic heterocycles. The molecule has 0 aromatic carbocycles. The SMILES string of the molecule is [2H]C([2H])([2H])[n+]1c2n(c3cc4ccccn4c31)Cc1cnccc1-2. The number of aryl methyl sites for hydroxylation is 1. The van der Waals surface area contributed by atoms with Gasteiger partial charge in [0.2, 0.25) is 5.82 Å². The largest absolute Gasteiger partial charge is 0.273 e. The number of hydrogen-bond donors (Lipinski definition) is 0. The average molecular weight is 264 g/mol. The maximum absolute atomic E-state index is 8.05. The van der Waals surface area contributed by atoms with E-state index in [0.717, 1.165) is 28.0 Å². The molecule has 4 nitrogen and oxygen atoms in total. The Morgan fingerprint density at radius 1 is 1.35 bits per heavy atom. The maximum atomic E-state index is 8.05. The number of nitrogens with zero attached hydrogens (tertiary/aromatic N) is 4. The van der Waals surface area contributed by atoms with E-state index in [2.05, 4.69) is 9.55 Å². The summed E-state index contributed by atoms with van der Waals surface area (Å²) in [5.74, 6) is 0.727. The number of imidazole rings is 1. The van der Waals surface area contributed by atoms with E-state index in [4.69, 9.17) is 4.11 Å². The summed E-state index contributed by atoms with van der Waals surface area (Å²) < 4.78 is 29.6. The van der Waals surface area contributed by atoms with Gasteiger partial charge in [-0.3, -0.25) is 4.98 Å². The third-order valence-electron chi connectivity index (χ3n) is 4.08. The van der Waals surface area contributed by atoms with Crippen LogP contribution in [-0.2, 0) is 13.5 Å². The quantitative estimate of drug-likeness (QED) is 0.394. The van der Waals surface area contributed by atoms with Crippen LogP contribution in [0.1, 0.15) is 9.68 Å². The monoisotopic (exact) mass is 264 g/mol. The molecule has 0 fully saturated rings. The zero-order valence-electron chi connectivity index (χ0n) is 13.6. The summed E-state index contributed by atoms with van der Waals surface area (Å²) in [6, 6.07) is 9.79. The number of hydrogen-bond acceptors (Lipinski definition) is 1. The van der Waals surface area contributed by atoms with Crippen LogP contribution in [0.15, 0.2) is 48.9 Å². The van der Waals surface area contributed by atoms with Gasteiger partial charge in [0.15, 0.2) is 5.52 Å². The van der Waals surface area contributed by atoms with Gasteiger partial charge in [0.1, 0.15) is 5.52 Å². The molecular weight excluding hydrogens is 248 g/mol. The van der Waals surface area contributed by atoms with Crippen LogP contribution in [0.3, 0.4) is 0 Å². The van der Waals surface area contributed by atoms with E-state index in [1.54, 1.807) is 6.20 Å². The zero-order chi connectivity index (χ0) is 15.8. The predicted molar refractivity (Wildman–Crippen MR) is 76.4 cm³/mol. The summed E-state index contributed by atoms with van der Waals surface area (Å²) >= 11 is 0. The van der Waals surface area contributed by atoms with Crippen molar-refractivity contribution in [1.29, 1.82) is 0 Å². The Balaban J connectivity index is 2.01. The summed E-state index contributed by atoms with van der Waals surface area (Å²) in [6.45, 7) is -1.61. The van der Waals surface area contributed by atoms with Gasteiger partial charge in [0.25, 0.3) is 5.65 Å². The van der Waals surface area contributed by atoms with Crippen LogP contribution in [0.2, 0.25) is 0 Å². The first-order valence-corrected chi connectivity index (χ1v) is 6.54. The molecule has 4 aromatic rings. The lowest BCUT2D eigenvalue weighted by atomic mass is 10.2. The van der Waals surface area contributed by atoms with Gasteiger partial charge in [0.05, 0.1) is 29.4 Å². The predicted octanol–water partition coefficient (Wildman–Crippen LogP) is 2.14. The van der Waals surface area contributed by atoms with E-state index in [1.807, 2.05) is 47.1 Å². The molecule has 0 atom stereocenters. The lowest BCUT2D eigenvalue weighted by Crippen LogP contribution is -2.30. The highest BCUT2D eigenvalue weighted by atomic mass is 15.2. The smallest absolute Gasteiger partial charge is 0.264 e. The van der Waals surface area contributed by atoms with Crippen molar-refractivity contribution in [1.82, 2.24) is 14.0 Å². The standard InChI is InChI=1S/C16H13N4/c1-18-15-13-5-6-17-9-11(13)10-20(15)14-8-12-4-2-3-7-19(12)16(14)18/h2-9H,10H2,1H3/q+1/i1D3. The summed E-state index contributed by atoms with van der Waals surface area (Å²) in [6.07, 6.45) is 5.43. The molecule has 0 spiro atoms. The number of pyridine rings is 2. The molecule has 96 valence electrons. The van der Waals surface area contributed by atoms with Gasteiger partial charge >= 0.3 is 0 Å². The Labute approximate surface area is 119 Å². The van der Waals surface area contributed by atoms with Gasteiger partial charge < -0.3 is 0 Å². The fourth-order valence-corrected chi connectivity index (χ4v) is 3.22. The number of fused-ring (bicyclic) bond motifs is 7. The van der Waals surface area contributed by atoms with E-state index in [-0.39, 0.29) is 0 Å². The fourth-order valence-electron chi connectivity index (χ4n) is 3.22. The van der Waals surface area contributed by atoms with Crippen LogP contribution < -0.4 is 4.57 Å². The normalized spacial score (nSPS) is 15.9. The van der Waals surface area contributed by atoms with Crippen LogP contribution in [0.25, 0.3) is 28.1 Å². The molecule has 5 rings (SSSR count). The van der Waals surface area contributed by atoms with Gasteiger partial charge in [-0.15, -0.1) is 0 Å². The van der Waals surface area contributed by atoms with E-state index in [1.165, 1.54) is 4.57 Å². The first-order chi connectivity index (χ1) is 11.1. The molecule has 0 amide bonds. The van der Waals surface area contributed by atoms with Gasteiger partial charge in [-0.05, 0) is 18.2 Å². The van der Waals surface area contributed by atoms with Crippen molar-refractivity contribution in [3.63, 3.8) is 0 Å². The molecule has 0 unspecified atom stereocenters. The Hall–Kier alpha value is -2.62. The van der Waals surface area contributed by atoms with Crippen LogP contribution >= 0.6 is 0 Å². The minimum atomic E-state index is -2.26. The summed E-state index contributed by atoms with van der Waals surface area (Å²) in [5.41, 5.74) is 4.62. The third-order valence-corrected chi connectivity index (χ3v) is 4.08. The molecule has 4 aromatic heterocycles. The number of aromatic nitrogens is 4. The Bertz CT molecular complexity index is 1090. The molecule has 5 heterocycles. The second-order valence-corrected chi connectivity index (χ2v) is 5.13. The average Bonchev–Trinajstić information content (AvgIpc) is 3.13. The third kappa shape index (κ3) is 1.04. The molecule has 0 saturated heterocycles. The molecule has 20 heavy (non-hydrogen) atoms. The van der Waals surface area contributed by atoms with Crippen molar-refractivity contribution in [2.75, 3.05) is 0 Å². The zero-order valence-corrected chi connectivity index (χ0v) is 10.6. The first kappa shape index (κ1) is 7.85.